The Morgan fingerprint density at radius 2 is 1.98 bits per heavy atom. The molecule has 1 spiro atoms. The van der Waals surface area contributed by atoms with Crippen molar-refractivity contribution in [2.75, 3.05) is 19.0 Å². The molecule has 12 heteroatoms. The summed E-state index contributed by atoms with van der Waals surface area (Å²) < 4.78 is 17.7. The molecular weight excluding hydrogens is 555 g/mol. The fourth-order valence-electron chi connectivity index (χ4n) is 5.90. The van der Waals surface area contributed by atoms with Crippen LogP contribution in [0.1, 0.15) is 42.7 Å². The molecule has 3 amide bonds. The molecule has 10 nitrogen and oxygen atoms in total. The number of nitrogens with one attached hydrogen (secondary N) is 3. The van der Waals surface area contributed by atoms with Gasteiger partial charge in [0.15, 0.2) is 0 Å². The Morgan fingerprint density at radius 3 is 2.66 bits per heavy atom. The number of hydrogen-bond donors (Lipinski definition) is 4. The first kappa shape index (κ1) is 31.1. The zero-order valence-electron chi connectivity index (χ0n) is 23.6. The molecule has 0 radical (unpaired) electrons. The summed E-state index contributed by atoms with van der Waals surface area (Å²) >= 11 is 0. The molecule has 1 saturated heterocycles. The number of ether oxygens (including phenoxy) is 1. The van der Waals surface area contributed by atoms with E-state index in [1.54, 1.807) is 31.4 Å². The summed E-state index contributed by atoms with van der Waals surface area (Å²) in [5.41, 5.74) is -0.244. The maximum atomic E-state index is 14.1. The molecule has 2 aromatic carbocycles. The van der Waals surface area contributed by atoms with Gasteiger partial charge in [0.2, 0.25) is 11.8 Å². The molecule has 41 heavy (non-hydrogen) atoms. The summed E-state index contributed by atoms with van der Waals surface area (Å²) in [6.07, 6.45) is 0.394. The molecule has 4 N–H and O–H groups in total. The first-order valence-electron chi connectivity index (χ1n) is 13.1. The Labute approximate surface area is 262 Å². The second kappa shape index (κ2) is 12.2. The molecule has 0 aliphatic carbocycles. The molecule has 1 fully saturated rings. The predicted octanol–water partition coefficient (Wildman–Crippen LogP) is -0.470. The van der Waals surface area contributed by atoms with Crippen molar-refractivity contribution in [2.24, 2.45) is 5.92 Å². The maximum Gasteiger partial charge on any atom is 1.00 e. The van der Waals surface area contributed by atoms with Gasteiger partial charge in [0.05, 0.1) is 12.5 Å². The van der Waals surface area contributed by atoms with Crippen molar-refractivity contribution < 1.29 is 58.0 Å². The van der Waals surface area contributed by atoms with Gasteiger partial charge in [-0.25, -0.2) is 10.4 Å². The number of nitrogens with zero attached hydrogens (tertiary/aromatic N) is 1. The second-order valence-electron chi connectivity index (χ2n) is 10.9. The first-order valence-corrected chi connectivity index (χ1v) is 14.5. The van der Waals surface area contributed by atoms with Crippen molar-refractivity contribution >= 4 is 50.6 Å². The van der Waals surface area contributed by atoms with Crippen LogP contribution < -0.4 is 44.9 Å². The summed E-state index contributed by atoms with van der Waals surface area (Å²) in [6, 6.07) is 12.4. The van der Waals surface area contributed by atoms with E-state index < -0.39 is 45.1 Å². The molecule has 3 aromatic rings. The molecule has 4 atom stereocenters. The van der Waals surface area contributed by atoms with Gasteiger partial charge >= 0.3 is 29.6 Å². The molecule has 5 rings (SSSR count). The van der Waals surface area contributed by atoms with Crippen LogP contribution in [0, 0.1) is 5.92 Å². The molecular formula is C29H33N4NaO6S. The first-order chi connectivity index (χ1) is 19.1. The number of fused-ring (bicyclic) bond motifs is 3. The minimum Gasteiger partial charge on any atom is -0.496 e. The van der Waals surface area contributed by atoms with Gasteiger partial charge in [-0.1, -0.05) is 38.1 Å². The number of aromatic nitrogens is 1. The predicted molar refractivity (Wildman–Crippen MR) is 154 cm³/mol. The molecule has 2 aliphatic heterocycles. The van der Waals surface area contributed by atoms with Crippen molar-refractivity contribution in [3.05, 3.63) is 59.8 Å². The summed E-state index contributed by atoms with van der Waals surface area (Å²) in [4.78, 5) is 45.3. The molecule has 2 unspecified atom stereocenters. The van der Waals surface area contributed by atoms with E-state index in [1.807, 2.05) is 38.1 Å². The van der Waals surface area contributed by atoms with Gasteiger partial charge in [-0.15, -0.1) is 0 Å². The Balaban J connectivity index is 0.00000387. The van der Waals surface area contributed by atoms with Gasteiger partial charge in [0, 0.05) is 34.6 Å². The van der Waals surface area contributed by atoms with Crippen LogP contribution in [0.3, 0.4) is 0 Å². The molecule has 1 aromatic heterocycles. The van der Waals surface area contributed by atoms with E-state index in [4.69, 9.17) is 4.74 Å². The van der Waals surface area contributed by atoms with Crippen molar-refractivity contribution in [1.82, 2.24) is 15.2 Å². The second-order valence-corrected chi connectivity index (χ2v) is 12.1. The average Bonchev–Trinajstić information content (AvgIpc) is 3.61. The number of carbonyl (C=O) groups excluding carboxylic acids is 3. The Kier molecular flexibility index (Phi) is 9.25. The van der Waals surface area contributed by atoms with Gasteiger partial charge in [-0.2, -0.15) is 5.87 Å². The molecule has 2 aliphatic rings. The zero-order chi connectivity index (χ0) is 28.8. The number of carbonyl (C=O) groups is 3. The van der Waals surface area contributed by atoms with Crippen molar-refractivity contribution in [3.8, 4) is 5.75 Å². The van der Waals surface area contributed by atoms with E-state index in [-0.39, 0.29) is 60.0 Å². The number of aliphatic hydroxyl groups excluding tert-OH is 1. The van der Waals surface area contributed by atoms with E-state index in [1.165, 1.54) is 4.90 Å². The maximum absolute atomic E-state index is 14.1. The van der Waals surface area contributed by atoms with Crippen molar-refractivity contribution in [1.29, 1.82) is 0 Å². The number of benzene rings is 2. The molecule has 0 saturated carbocycles. The minimum absolute atomic E-state index is 0. The van der Waals surface area contributed by atoms with Crippen LogP contribution in [0.25, 0.3) is 10.9 Å². The van der Waals surface area contributed by atoms with Crippen LogP contribution in [0.4, 0.5) is 5.69 Å². The third kappa shape index (κ3) is 5.65. The van der Waals surface area contributed by atoms with Crippen LogP contribution in [-0.4, -0.2) is 69.8 Å². The van der Waals surface area contributed by atoms with Crippen LogP contribution in [0.5, 0.6) is 5.75 Å². The standard InChI is InChI=1S/C29H33N4O6S.Na/c1-16(2)12-22(31-25(34)21-13-17-19(30-21)10-7-11-24(17)39-3)26(35)33-15-29(14-23(33)27(36)40(4)38)18-8-5-6-9-20(18)32-28(29)37;/h5-11,13,16,22-23,27,30,36H,4,12,14-15H2,1-3H3,(H,31,34)(H,32,37);/q-1;+1/t22-,23?,27?,29-;/m0./s1. The third-order valence-corrected chi connectivity index (χ3v) is 8.66. The van der Waals surface area contributed by atoms with E-state index in [9.17, 15) is 23.7 Å². The summed E-state index contributed by atoms with van der Waals surface area (Å²) in [5, 5.41) is 17.4. The van der Waals surface area contributed by atoms with Crippen LogP contribution >= 0.6 is 0 Å². The molecule has 212 valence electrons. The normalized spacial score (nSPS) is 21.1. The number of likely N-dealkylation sites (tertiary alicyclic amines) is 1. The number of hydrogen-bond acceptors (Lipinski definition) is 7. The summed E-state index contributed by atoms with van der Waals surface area (Å²) in [6.45, 7) is 3.84. The summed E-state index contributed by atoms with van der Waals surface area (Å²) in [5.74, 6) is 2.89. The fraction of sp³-hybridized carbons (Fsp3) is 0.379. The fourth-order valence-corrected chi connectivity index (χ4v) is 6.49. The molecule has 3 heterocycles. The van der Waals surface area contributed by atoms with Gasteiger partial charge in [0.25, 0.3) is 5.91 Å². The van der Waals surface area contributed by atoms with Gasteiger partial charge in [0.1, 0.15) is 17.5 Å². The van der Waals surface area contributed by atoms with E-state index in [0.29, 0.717) is 23.4 Å². The van der Waals surface area contributed by atoms with Crippen molar-refractivity contribution in [2.45, 2.75) is 49.6 Å². The number of methoxy groups -OCH3 is 1. The number of para-hydroxylation sites is 1. The topological polar surface area (TPSA) is 141 Å². The minimum atomic E-state index is -1.92. The number of anilines is 1. The van der Waals surface area contributed by atoms with E-state index >= 15 is 0 Å². The van der Waals surface area contributed by atoms with Crippen LogP contribution in [-0.2, 0) is 29.6 Å². The van der Waals surface area contributed by atoms with Gasteiger partial charge in [-0.05, 0) is 48.6 Å². The molecule has 0 bridgehead atoms. The smallest absolute Gasteiger partial charge is 0.496 e. The van der Waals surface area contributed by atoms with E-state index in [2.05, 4.69) is 21.5 Å². The van der Waals surface area contributed by atoms with Crippen LogP contribution in [0.15, 0.2) is 48.5 Å². The van der Waals surface area contributed by atoms with E-state index in [0.717, 1.165) is 10.9 Å². The Bertz CT molecular complexity index is 1560. The quantitative estimate of drug-likeness (QED) is 0.159. The number of H-pyrrole nitrogens is 1. The monoisotopic (exact) mass is 588 g/mol. The van der Waals surface area contributed by atoms with Crippen LogP contribution in [0.2, 0.25) is 0 Å². The zero-order valence-corrected chi connectivity index (χ0v) is 26.4. The summed E-state index contributed by atoms with van der Waals surface area (Å²) in [7, 11) is -0.374. The Morgan fingerprint density at radius 1 is 1.24 bits per heavy atom. The van der Waals surface area contributed by atoms with Gasteiger partial charge < -0.3 is 34.6 Å². The average molecular weight is 589 g/mol. The SMILES string of the molecule is C=[S-](=O)C(O)C1C[C@@]2(CN1C(=O)[C@H](CC(C)C)NC(=O)c1cc3c(OC)cccc3[nH]1)C(=O)Nc1ccccc12.[Na+]. The number of aliphatic hydroxyl groups is 1. The number of amides is 3. The van der Waals surface area contributed by atoms with Crippen molar-refractivity contribution in [3.63, 3.8) is 0 Å². The number of rotatable bonds is 8. The van der Waals surface area contributed by atoms with Gasteiger partial charge in [-0.3, -0.25) is 14.4 Å². The number of aromatic amines is 1. The third-order valence-electron chi connectivity index (χ3n) is 7.80. The largest absolute Gasteiger partial charge is 1.00 e. The Hall–Kier alpha value is -2.83.